The van der Waals surface area contributed by atoms with Gasteiger partial charge in [-0.15, -0.1) is 11.3 Å². The molecular weight excluding hydrogens is 274 g/mol. The minimum Gasteiger partial charge on any atom is -0.378 e. The third-order valence-corrected chi connectivity index (χ3v) is 4.54. The predicted octanol–water partition coefficient (Wildman–Crippen LogP) is 2.46. The highest BCUT2D eigenvalue weighted by atomic mass is 32.1. The van der Waals surface area contributed by atoms with Gasteiger partial charge in [-0.1, -0.05) is 6.92 Å². The molecule has 2 rings (SSSR count). The largest absolute Gasteiger partial charge is 0.378 e. The normalized spacial score (nSPS) is 19.8. The summed E-state index contributed by atoms with van der Waals surface area (Å²) in [5.41, 5.74) is 0. The second-order valence-electron chi connectivity index (χ2n) is 5.31. The predicted molar refractivity (Wildman–Crippen MR) is 80.1 cm³/mol. The topological polar surface area (TPSA) is 54.5 Å². The minimum absolute atomic E-state index is 0.0218. The lowest BCUT2D eigenvalue weighted by atomic mass is 10.2. The van der Waals surface area contributed by atoms with Crippen LogP contribution in [0.3, 0.4) is 0 Å². The van der Waals surface area contributed by atoms with Crippen molar-refractivity contribution in [2.45, 2.75) is 38.2 Å². The molecule has 0 aromatic carbocycles. The smallest absolute Gasteiger partial charge is 0.317 e. The minimum atomic E-state index is -0.0218. The van der Waals surface area contributed by atoms with Crippen LogP contribution in [0.4, 0.5) is 4.79 Å². The molecule has 0 radical (unpaired) electrons. The molecule has 1 aromatic rings. The lowest BCUT2D eigenvalue weighted by Crippen LogP contribution is -2.40. The Balaban J connectivity index is 1.66. The van der Waals surface area contributed by atoms with Crippen molar-refractivity contribution in [2.75, 3.05) is 26.7 Å². The van der Waals surface area contributed by atoms with Crippen LogP contribution >= 0.6 is 11.3 Å². The van der Waals surface area contributed by atoms with Crippen molar-refractivity contribution >= 4 is 17.4 Å². The third-order valence-electron chi connectivity index (χ3n) is 3.53. The average Bonchev–Trinajstić information content (AvgIpc) is 3.11. The Morgan fingerprint density at radius 2 is 2.55 bits per heavy atom. The molecule has 5 nitrogen and oxygen atoms in total. The Labute approximate surface area is 124 Å². The summed E-state index contributed by atoms with van der Waals surface area (Å²) >= 11 is 1.63. The third kappa shape index (κ3) is 4.45. The van der Waals surface area contributed by atoms with Crippen LogP contribution in [0.2, 0.25) is 0 Å². The Morgan fingerprint density at radius 1 is 1.70 bits per heavy atom. The van der Waals surface area contributed by atoms with Gasteiger partial charge in [0.05, 0.1) is 11.1 Å². The van der Waals surface area contributed by atoms with E-state index in [9.17, 15) is 4.79 Å². The average molecular weight is 297 g/mol. The molecule has 0 spiro atoms. The summed E-state index contributed by atoms with van der Waals surface area (Å²) in [5.74, 6) is 0.268. The number of rotatable bonds is 6. The van der Waals surface area contributed by atoms with E-state index in [-0.39, 0.29) is 11.9 Å². The van der Waals surface area contributed by atoms with E-state index in [0.717, 1.165) is 30.9 Å². The van der Waals surface area contributed by atoms with Gasteiger partial charge in [-0.25, -0.2) is 9.78 Å². The van der Waals surface area contributed by atoms with Crippen molar-refractivity contribution in [3.63, 3.8) is 0 Å². The molecule has 0 bridgehead atoms. The molecule has 1 aliphatic heterocycles. The first-order chi connectivity index (χ1) is 9.66. The Morgan fingerprint density at radius 3 is 3.20 bits per heavy atom. The molecule has 6 heteroatoms. The summed E-state index contributed by atoms with van der Waals surface area (Å²) in [4.78, 5) is 18.0. The first kappa shape index (κ1) is 15.3. The summed E-state index contributed by atoms with van der Waals surface area (Å²) < 4.78 is 5.54. The molecule has 2 heterocycles. The zero-order chi connectivity index (χ0) is 14.4. The van der Waals surface area contributed by atoms with E-state index in [1.54, 1.807) is 22.4 Å². The monoisotopic (exact) mass is 297 g/mol. The van der Waals surface area contributed by atoms with Crippen molar-refractivity contribution < 1.29 is 9.53 Å². The fourth-order valence-electron chi connectivity index (χ4n) is 2.40. The van der Waals surface area contributed by atoms with Gasteiger partial charge in [0.1, 0.15) is 0 Å². The van der Waals surface area contributed by atoms with E-state index in [1.165, 1.54) is 0 Å². The molecular formula is C14H23N3O2S. The SMILES string of the molecule is C[C@@H](CN(C)C(=O)NCC[C@H]1CCCO1)c1nccs1. The van der Waals surface area contributed by atoms with Gasteiger partial charge in [0.2, 0.25) is 0 Å². The molecule has 2 atom stereocenters. The molecule has 0 unspecified atom stereocenters. The number of likely N-dealkylation sites (N-methyl/N-ethyl adjacent to an activating group) is 1. The lowest BCUT2D eigenvalue weighted by Gasteiger charge is -2.21. The first-order valence-corrected chi connectivity index (χ1v) is 8.04. The van der Waals surface area contributed by atoms with Crippen LogP contribution in [0.15, 0.2) is 11.6 Å². The number of urea groups is 1. The van der Waals surface area contributed by atoms with Crippen molar-refractivity contribution in [1.82, 2.24) is 15.2 Å². The highest BCUT2D eigenvalue weighted by Crippen LogP contribution is 2.18. The Bertz CT molecular complexity index is 405. The fraction of sp³-hybridized carbons (Fsp3) is 0.714. The summed E-state index contributed by atoms with van der Waals surface area (Å²) in [5, 5.41) is 5.99. The number of hydrogen-bond acceptors (Lipinski definition) is 4. The maximum atomic E-state index is 12.0. The highest BCUT2D eigenvalue weighted by molar-refractivity contribution is 7.09. The molecule has 0 aliphatic carbocycles. The zero-order valence-electron chi connectivity index (χ0n) is 12.2. The number of nitrogens with one attached hydrogen (secondary N) is 1. The van der Waals surface area contributed by atoms with E-state index in [1.807, 2.05) is 12.4 Å². The highest BCUT2D eigenvalue weighted by Gasteiger charge is 2.17. The lowest BCUT2D eigenvalue weighted by molar-refractivity contribution is 0.104. The van der Waals surface area contributed by atoms with Crippen molar-refractivity contribution in [3.05, 3.63) is 16.6 Å². The Kier molecular flexibility index (Phi) is 5.79. The summed E-state index contributed by atoms with van der Waals surface area (Å²) in [7, 11) is 1.82. The number of hydrogen-bond donors (Lipinski definition) is 1. The Hall–Kier alpha value is -1.14. The van der Waals surface area contributed by atoms with Gasteiger partial charge < -0.3 is 15.0 Å². The molecule has 1 fully saturated rings. The van der Waals surface area contributed by atoms with Crippen molar-refractivity contribution in [3.8, 4) is 0 Å². The maximum Gasteiger partial charge on any atom is 0.317 e. The van der Waals surface area contributed by atoms with Gasteiger partial charge >= 0.3 is 6.03 Å². The number of carbonyl (C=O) groups is 1. The van der Waals surface area contributed by atoms with Crippen LogP contribution in [0.5, 0.6) is 0 Å². The molecule has 0 saturated carbocycles. The van der Waals surface area contributed by atoms with Gasteiger partial charge in [-0.2, -0.15) is 0 Å². The van der Waals surface area contributed by atoms with E-state index >= 15 is 0 Å². The van der Waals surface area contributed by atoms with E-state index in [4.69, 9.17) is 4.74 Å². The zero-order valence-corrected chi connectivity index (χ0v) is 13.0. The van der Waals surface area contributed by atoms with Crippen molar-refractivity contribution in [1.29, 1.82) is 0 Å². The fourth-order valence-corrected chi connectivity index (χ4v) is 3.09. The van der Waals surface area contributed by atoms with Crippen LogP contribution in [-0.2, 0) is 4.74 Å². The van der Waals surface area contributed by atoms with Crippen LogP contribution in [0.25, 0.3) is 0 Å². The molecule has 112 valence electrons. The maximum absolute atomic E-state index is 12.0. The molecule has 20 heavy (non-hydrogen) atoms. The number of aromatic nitrogens is 1. The van der Waals surface area contributed by atoms with Gasteiger partial charge in [-0.3, -0.25) is 0 Å². The van der Waals surface area contributed by atoms with Gasteiger partial charge in [-0.05, 0) is 19.3 Å². The van der Waals surface area contributed by atoms with E-state index in [0.29, 0.717) is 19.2 Å². The van der Waals surface area contributed by atoms with Crippen molar-refractivity contribution in [2.24, 2.45) is 0 Å². The van der Waals surface area contributed by atoms with Crippen LogP contribution in [0.1, 0.15) is 37.1 Å². The summed E-state index contributed by atoms with van der Waals surface area (Å²) in [6.07, 6.45) is 5.30. The molecule has 1 N–H and O–H groups in total. The van der Waals surface area contributed by atoms with E-state index < -0.39 is 0 Å². The summed E-state index contributed by atoms with van der Waals surface area (Å²) in [6, 6.07) is -0.0218. The molecule has 1 aliphatic rings. The second kappa shape index (κ2) is 7.59. The number of amides is 2. The molecule has 2 amide bonds. The summed E-state index contributed by atoms with van der Waals surface area (Å²) in [6.45, 7) is 4.32. The molecule has 1 saturated heterocycles. The van der Waals surface area contributed by atoms with Gasteiger partial charge in [0.15, 0.2) is 0 Å². The van der Waals surface area contributed by atoms with Crippen LogP contribution in [-0.4, -0.2) is 48.8 Å². The number of thiazole rings is 1. The number of carbonyl (C=O) groups excluding carboxylic acids is 1. The molecule has 1 aromatic heterocycles. The standard InChI is InChI=1S/C14H23N3O2S/c1-11(13-15-7-9-20-13)10-17(2)14(18)16-6-5-12-4-3-8-19-12/h7,9,11-12H,3-6,8,10H2,1-2H3,(H,16,18)/t11-,12+/m0/s1. The number of ether oxygens (including phenoxy) is 1. The van der Waals surface area contributed by atoms with Crippen LogP contribution < -0.4 is 5.32 Å². The van der Waals surface area contributed by atoms with E-state index in [2.05, 4.69) is 17.2 Å². The first-order valence-electron chi connectivity index (χ1n) is 7.16. The van der Waals surface area contributed by atoms with Gasteiger partial charge in [0.25, 0.3) is 0 Å². The van der Waals surface area contributed by atoms with Crippen LogP contribution in [0, 0.1) is 0 Å². The number of nitrogens with zero attached hydrogens (tertiary/aromatic N) is 2. The quantitative estimate of drug-likeness (QED) is 0.877. The van der Waals surface area contributed by atoms with Gasteiger partial charge in [0, 0.05) is 44.2 Å². The second-order valence-corrected chi connectivity index (χ2v) is 6.23.